The van der Waals surface area contributed by atoms with Crippen LogP contribution in [0.4, 0.5) is 0 Å². The van der Waals surface area contributed by atoms with Gasteiger partial charge in [0.15, 0.2) is 11.8 Å². The molecule has 1 saturated heterocycles. The number of nitrogens with one attached hydrogen (secondary N) is 2. The van der Waals surface area contributed by atoms with Gasteiger partial charge in [-0.15, -0.1) is 10.2 Å². The third-order valence-electron chi connectivity index (χ3n) is 5.65. The van der Waals surface area contributed by atoms with E-state index in [0.717, 1.165) is 63.4 Å². The third-order valence-corrected chi connectivity index (χ3v) is 5.65. The first-order chi connectivity index (χ1) is 14.0. The van der Waals surface area contributed by atoms with Gasteiger partial charge in [0.25, 0.3) is 0 Å². The molecule has 2 rings (SSSR count). The topological polar surface area (TPSA) is 82.8 Å². The highest BCUT2D eigenvalue weighted by Crippen LogP contribution is 2.15. The number of likely N-dealkylation sites (N-methyl/N-ethyl adjacent to an activating group) is 2. The lowest BCUT2D eigenvalue weighted by molar-refractivity contribution is 0.180. The lowest BCUT2D eigenvalue weighted by atomic mass is 10.2. The highest BCUT2D eigenvalue weighted by Gasteiger charge is 2.22. The first-order valence-electron chi connectivity index (χ1n) is 10.8. The van der Waals surface area contributed by atoms with Gasteiger partial charge in [-0.1, -0.05) is 6.92 Å². The van der Waals surface area contributed by atoms with E-state index in [1.54, 1.807) is 7.11 Å². The molecule has 0 radical (unpaired) electrons. The van der Waals surface area contributed by atoms with Gasteiger partial charge in [-0.3, -0.25) is 4.90 Å². The summed E-state index contributed by atoms with van der Waals surface area (Å²) in [6.45, 7) is 11.6. The Labute approximate surface area is 175 Å². The summed E-state index contributed by atoms with van der Waals surface area (Å²) >= 11 is 0. The molecule has 1 aromatic rings. The van der Waals surface area contributed by atoms with Crippen molar-refractivity contribution in [1.29, 1.82) is 0 Å². The molecule has 1 fully saturated rings. The van der Waals surface area contributed by atoms with Crippen LogP contribution in [0.25, 0.3) is 0 Å². The van der Waals surface area contributed by atoms with Crippen LogP contribution in [0, 0.1) is 6.92 Å². The summed E-state index contributed by atoms with van der Waals surface area (Å²) in [6, 6.07) is 0.584. The zero-order valence-electron chi connectivity index (χ0n) is 18.9. The standard InChI is InChI=1S/C20H40N8O/c1-6-28-12-7-9-18(28)15-22-20(21-10-13-26(3)11-8-14-29-5)23-16-19-25-24-17(2)27(19)4/h18H,6-16H2,1-5H3,(H2,21,22,23). The summed E-state index contributed by atoms with van der Waals surface area (Å²) in [5.74, 6) is 2.62. The molecule has 0 spiro atoms. The summed E-state index contributed by atoms with van der Waals surface area (Å²) < 4.78 is 7.12. The van der Waals surface area contributed by atoms with Crippen molar-refractivity contribution >= 4 is 5.96 Å². The molecule has 0 aliphatic carbocycles. The van der Waals surface area contributed by atoms with E-state index < -0.39 is 0 Å². The minimum absolute atomic E-state index is 0.512. The molecule has 2 heterocycles. The van der Waals surface area contributed by atoms with E-state index in [2.05, 4.69) is 44.6 Å². The van der Waals surface area contributed by atoms with Crippen LogP contribution in [-0.2, 0) is 18.3 Å². The molecule has 9 nitrogen and oxygen atoms in total. The molecule has 0 saturated carbocycles. The fourth-order valence-electron chi connectivity index (χ4n) is 3.63. The lowest BCUT2D eigenvalue weighted by Gasteiger charge is -2.24. The number of methoxy groups -OCH3 is 1. The van der Waals surface area contributed by atoms with Crippen LogP contribution in [0.5, 0.6) is 0 Å². The molecule has 0 amide bonds. The minimum Gasteiger partial charge on any atom is -0.385 e. The predicted molar refractivity (Wildman–Crippen MR) is 117 cm³/mol. The minimum atomic E-state index is 0.512. The van der Waals surface area contributed by atoms with Crippen molar-refractivity contribution in [3.05, 3.63) is 11.6 Å². The Hall–Kier alpha value is -1.71. The second kappa shape index (κ2) is 12.8. The number of aryl methyl sites for hydroxylation is 1. The van der Waals surface area contributed by atoms with Crippen LogP contribution < -0.4 is 10.6 Å². The van der Waals surface area contributed by atoms with Crippen LogP contribution in [0.2, 0.25) is 0 Å². The lowest BCUT2D eigenvalue weighted by Crippen LogP contribution is -2.46. The van der Waals surface area contributed by atoms with Crippen molar-refractivity contribution in [2.75, 3.05) is 60.0 Å². The molecule has 1 aliphatic rings. The Morgan fingerprint density at radius 1 is 1.31 bits per heavy atom. The number of guanidine groups is 1. The van der Waals surface area contributed by atoms with Gasteiger partial charge in [-0.05, 0) is 46.3 Å². The summed E-state index contributed by atoms with van der Waals surface area (Å²) in [6.07, 6.45) is 3.58. The van der Waals surface area contributed by atoms with Gasteiger partial charge in [-0.25, -0.2) is 4.99 Å². The van der Waals surface area contributed by atoms with Crippen molar-refractivity contribution < 1.29 is 4.74 Å². The SMILES string of the molecule is CCN1CCCC1CNC(=NCc1nnc(C)n1C)NCCN(C)CCCOC. The summed E-state index contributed by atoms with van der Waals surface area (Å²) in [4.78, 5) is 9.62. The first kappa shape index (κ1) is 23.6. The third kappa shape index (κ3) is 7.91. The van der Waals surface area contributed by atoms with Gasteiger partial charge in [0, 0.05) is 53.0 Å². The van der Waals surface area contributed by atoms with E-state index in [1.807, 2.05) is 18.5 Å². The van der Waals surface area contributed by atoms with Gasteiger partial charge < -0.3 is 24.8 Å². The molecule has 0 bridgehead atoms. The van der Waals surface area contributed by atoms with Crippen molar-refractivity contribution in [2.24, 2.45) is 12.0 Å². The molecule has 29 heavy (non-hydrogen) atoms. The molecular weight excluding hydrogens is 368 g/mol. The van der Waals surface area contributed by atoms with Crippen LogP contribution in [0.3, 0.4) is 0 Å². The molecule has 1 aromatic heterocycles. The van der Waals surface area contributed by atoms with Crippen LogP contribution in [0.15, 0.2) is 4.99 Å². The zero-order valence-corrected chi connectivity index (χ0v) is 18.9. The van der Waals surface area contributed by atoms with Gasteiger partial charge in [0.1, 0.15) is 12.4 Å². The zero-order chi connectivity index (χ0) is 21.1. The monoisotopic (exact) mass is 408 g/mol. The maximum atomic E-state index is 5.13. The fraction of sp³-hybridized carbons (Fsp3) is 0.850. The number of hydrogen-bond donors (Lipinski definition) is 2. The second-order valence-corrected chi connectivity index (χ2v) is 7.77. The predicted octanol–water partition coefficient (Wildman–Crippen LogP) is 0.611. The van der Waals surface area contributed by atoms with Crippen LogP contribution >= 0.6 is 0 Å². The molecule has 166 valence electrons. The summed E-state index contributed by atoms with van der Waals surface area (Å²) in [7, 11) is 5.87. The first-order valence-corrected chi connectivity index (χ1v) is 10.8. The number of aromatic nitrogens is 3. The Balaban J connectivity index is 1.87. The molecule has 2 N–H and O–H groups in total. The number of rotatable bonds is 12. The molecule has 1 unspecified atom stereocenters. The molecule has 9 heteroatoms. The second-order valence-electron chi connectivity index (χ2n) is 7.77. The van der Waals surface area contributed by atoms with Crippen LogP contribution in [-0.4, -0.2) is 96.6 Å². The van der Waals surface area contributed by atoms with Crippen molar-refractivity contribution in [1.82, 2.24) is 35.2 Å². The van der Waals surface area contributed by atoms with E-state index in [9.17, 15) is 0 Å². The van der Waals surface area contributed by atoms with Crippen molar-refractivity contribution in [2.45, 2.75) is 45.7 Å². The molecule has 1 atom stereocenters. The van der Waals surface area contributed by atoms with E-state index in [0.29, 0.717) is 12.6 Å². The Morgan fingerprint density at radius 3 is 2.83 bits per heavy atom. The van der Waals surface area contributed by atoms with Crippen molar-refractivity contribution in [3.63, 3.8) is 0 Å². The van der Waals surface area contributed by atoms with Gasteiger partial charge >= 0.3 is 0 Å². The van der Waals surface area contributed by atoms with Gasteiger partial charge in [0.05, 0.1) is 0 Å². The van der Waals surface area contributed by atoms with Gasteiger partial charge in [0.2, 0.25) is 0 Å². The van der Waals surface area contributed by atoms with E-state index in [4.69, 9.17) is 9.73 Å². The largest absolute Gasteiger partial charge is 0.385 e. The molecular formula is C20H40N8O. The average Bonchev–Trinajstić information content (AvgIpc) is 3.30. The average molecular weight is 409 g/mol. The maximum absolute atomic E-state index is 5.13. The number of likely N-dealkylation sites (tertiary alicyclic amines) is 1. The number of hydrogen-bond acceptors (Lipinski definition) is 6. The Kier molecular flexibility index (Phi) is 10.4. The summed E-state index contributed by atoms with van der Waals surface area (Å²) in [5.41, 5.74) is 0. The maximum Gasteiger partial charge on any atom is 0.191 e. The number of aliphatic imine (C=N–C) groups is 1. The highest BCUT2D eigenvalue weighted by molar-refractivity contribution is 5.79. The van der Waals surface area contributed by atoms with E-state index in [1.165, 1.54) is 19.4 Å². The van der Waals surface area contributed by atoms with Crippen molar-refractivity contribution in [3.8, 4) is 0 Å². The quantitative estimate of drug-likeness (QED) is 0.298. The highest BCUT2D eigenvalue weighted by atomic mass is 16.5. The normalized spacial score (nSPS) is 18.0. The molecule has 1 aliphatic heterocycles. The number of nitrogens with zero attached hydrogens (tertiary/aromatic N) is 6. The smallest absolute Gasteiger partial charge is 0.191 e. The summed E-state index contributed by atoms with van der Waals surface area (Å²) in [5, 5.41) is 15.4. The van der Waals surface area contributed by atoms with Crippen LogP contribution in [0.1, 0.15) is 37.8 Å². The Morgan fingerprint density at radius 2 is 2.14 bits per heavy atom. The Bertz CT molecular complexity index is 618. The number of ether oxygens (including phenoxy) is 1. The van der Waals surface area contributed by atoms with E-state index >= 15 is 0 Å². The molecule has 0 aromatic carbocycles. The van der Waals surface area contributed by atoms with E-state index in [-0.39, 0.29) is 0 Å². The fourth-order valence-corrected chi connectivity index (χ4v) is 3.63. The van der Waals surface area contributed by atoms with Gasteiger partial charge in [-0.2, -0.15) is 0 Å².